The predicted octanol–water partition coefficient (Wildman–Crippen LogP) is 0.513. The van der Waals surface area contributed by atoms with Crippen LogP contribution in [0.25, 0.3) is 0 Å². The van der Waals surface area contributed by atoms with Gasteiger partial charge in [0.1, 0.15) is 12.2 Å². The highest BCUT2D eigenvalue weighted by molar-refractivity contribution is 4.95. The van der Waals surface area contributed by atoms with Gasteiger partial charge in [-0.15, -0.1) is 0 Å². The fourth-order valence-electron chi connectivity index (χ4n) is 1.18. The standard InChI is InChI=1S/C8H16N4/c1-6(4-9)7(2)8-10-5-11-12(8)3/h5-7H,4,9H2,1-3H3. The molecule has 0 saturated heterocycles. The molecule has 0 amide bonds. The Labute approximate surface area is 72.8 Å². The fraction of sp³-hybridized carbons (Fsp3) is 0.750. The average Bonchev–Trinajstić information content (AvgIpc) is 2.48. The first-order chi connectivity index (χ1) is 5.66. The molecule has 1 heterocycles. The molecule has 0 spiro atoms. The normalized spacial score (nSPS) is 16.0. The van der Waals surface area contributed by atoms with Gasteiger partial charge in [-0.2, -0.15) is 5.10 Å². The fourth-order valence-corrected chi connectivity index (χ4v) is 1.18. The van der Waals surface area contributed by atoms with Gasteiger partial charge in [0.2, 0.25) is 0 Å². The molecule has 2 atom stereocenters. The van der Waals surface area contributed by atoms with Crippen LogP contribution in [0.3, 0.4) is 0 Å². The molecule has 0 aliphatic rings. The molecule has 0 aliphatic carbocycles. The molecule has 4 nitrogen and oxygen atoms in total. The van der Waals surface area contributed by atoms with Gasteiger partial charge >= 0.3 is 0 Å². The van der Waals surface area contributed by atoms with Crippen LogP contribution in [-0.4, -0.2) is 21.3 Å². The second kappa shape index (κ2) is 3.67. The number of rotatable bonds is 3. The minimum absolute atomic E-state index is 0.377. The quantitative estimate of drug-likeness (QED) is 0.715. The zero-order valence-corrected chi connectivity index (χ0v) is 7.86. The first-order valence-corrected chi connectivity index (χ1v) is 4.20. The van der Waals surface area contributed by atoms with Crippen LogP contribution in [0.4, 0.5) is 0 Å². The molecule has 12 heavy (non-hydrogen) atoms. The molecular weight excluding hydrogens is 152 g/mol. The van der Waals surface area contributed by atoms with E-state index in [1.807, 2.05) is 7.05 Å². The van der Waals surface area contributed by atoms with Gasteiger partial charge in [-0.05, 0) is 12.5 Å². The van der Waals surface area contributed by atoms with Crippen LogP contribution in [0.5, 0.6) is 0 Å². The molecule has 1 aromatic rings. The van der Waals surface area contributed by atoms with Gasteiger partial charge in [0, 0.05) is 13.0 Å². The van der Waals surface area contributed by atoms with Gasteiger partial charge in [-0.25, -0.2) is 4.98 Å². The SMILES string of the molecule is CC(CN)C(C)c1ncnn1C. The summed E-state index contributed by atoms with van der Waals surface area (Å²) in [5.74, 6) is 1.84. The van der Waals surface area contributed by atoms with Crippen molar-refractivity contribution < 1.29 is 0 Å². The topological polar surface area (TPSA) is 56.7 Å². The summed E-state index contributed by atoms with van der Waals surface area (Å²) >= 11 is 0. The van der Waals surface area contributed by atoms with Crippen molar-refractivity contribution in [1.29, 1.82) is 0 Å². The number of hydrogen-bond acceptors (Lipinski definition) is 3. The lowest BCUT2D eigenvalue weighted by molar-refractivity contribution is 0.461. The molecular formula is C8H16N4. The maximum absolute atomic E-state index is 5.57. The average molecular weight is 168 g/mol. The van der Waals surface area contributed by atoms with E-state index < -0.39 is 0 Å². The van der Waals surface area contributed by atoms with E-state index in [0.29, 0.717) is 18.4 Å². The zero-order chi connectivity index (χ0) is 9.14. The highest BCUT2D eigenvalue weighted by Crippen LogP contribution is 2.19. The van der Waals surface area contributed by atoms with Crippen molar-refractivity contribution in [2.24, 2.45) is 18.7 Å². The Balaban J connectivity index is 2.77. The molecule has 1 rings (SSSR count). The van der Waals surface area contributed by atoms with Crippen LogP contribution in [0.1, 0.15) is 25.6 Å². The summed E-state index contributed by atoms with van der Waals surface area (Å²) in [6.07, 6.45) is 1.58. The van der Waals surface area contributed by atoms with E-state index in [2.05, 4.69) is 23.9 Å². The maximum atomic E-state index is 5.57. The van der Waals surface area contributed by atoms with E-state index in [9.17, 15) is 0 Å². The predicted molar refractivity (Wildman–Crippen MR) is 47.6 cm³/mol. The highest BCUT2D eigenvalue weighted by Gasteiger charge is 2.16. The molecule has 0 aliphatic heterocycles. The summed E-state index contributed by atoms with van der Waals surface area (Å²) in [5, 5.41) is 4.02. The molecule has 1 aromatic heterocycles. The van der Waals surface area contributed by atoms with Gasteiger partial charge in [0.05, 0.1) is 0 Å². The van der Waals surface area contributed by atoms with Crippen molar-refractivity contribution in [3.63, 3.8) is 0 Å². The summed E-state index contributed by atoms with van der Waals surface area (Å²) in [6.45, 7) is 4.94. The molecule has 0 bridgehead atoms. The van der Waals surface area contributed by atoms with Crippen molar-refractivity contribution in [3.05, 3.63) is 12.2 Å². The van der Waals surface area contributed by atoms with Crippen molar-refractivity contribution in [2.75, 3.05) is 6.54 Å². The molecule has 0 saturated carbocycles. The highest BCUT2D eigenvalue weighted by atomic mass is 15.3. The summed E-state index contributed by atoms with van der Waals surface area (Å²) < 4.78 is 1.80. The van der Waals surface area contributed by atoms with Crippen molar-refractivity contribution in [1.82, 2.24) is 14.8 Å². The molecule has 68 valence electrons. The number of nitrogens with zero attached hydrogens (tertiary/aromatic N) is 3. The largest absolute Gasteiger partial charge is 0.330 e. The Morgan fingerprint density at radius 2 is 2.25 bits per heavy atom. The molecule has 2 unspecified atom stereocenters. The van der Waals surface area contributed by atoms with Crippen LogP contribution >= 0.6 is 0 Å². The summed E-state index contributed by atoms with van der Waals surface area (Å²) in [4.78, 5) is 4.18. The molecule has 4 heteroatoms. The van der Waals surface area contributed by atoms with Crippen molar-refractivity contribution >= 4 is 0 Å². The van der Waals surface area contributed by atoms with E-state index in [0.717, 1.165) is 5.82 Å². The minimum Gasteiger partial charge on any atom is -0.330 e. The third kappa shape index (κ3) is 1.64. The summed E-state index contributed by atoms with van der Waals surface area (Å²) in [5.41, 5.74) is 5.57. The monoisotopic (exact) mass is 168 g/mol. The van der Waals surface area contributed by atoms with Crippen LogP contribution in [0, 0.1) is 5.92 Å². The second-order valence-electron chi connectivity index (χ2n) is 3.24. The molecule has 0 fully saturated rings. The number of nitrogens with two attached hydrogens (primary N) is 1. The maximum Gasteiger partial charge on any atom is 0.138 e. The van der Waals surface area contributed by atoms with Gasteiger partial charge in [0.25, 0.3) is 0 Å². The third-order valence-electron chi connectivity index (χ3n) is 2.38. The van der Waals surface area contributed by atoms with Crippen LogP contribution in [0.15, 0.2) is 6.33 Å². The van der Waals surface area contributed by atoms with Crippen molar-refractivity contribution in [2.45, 2.75) is 19.8 Å². The van der Waals surface area contributed by atoms with Gasteiger partial charge in [-0.3, -0.25) is 4.68 Å². The lowest BCUT2D eigenvalue weighted by Gasteiger charge is -2.16. The van der Waals surface area contributed by atoms with Crippen molar-refractivity contribution in [3.8, 4) is 0 Å². The van der Waals surface area contributed by atoms with Crippen LogP contribution in [-0.2, 0) is 7.05 Å². The Kier molecular flexibility index (Phi) is 2.81. The van der Waals surface area contributed by atoms with E-state index in [4.69, 9.17) is 5.73 Å². The minimum atomic E-state index is 0.377. The Morgan fingerprint density at radius 1 is 1.58 bits per heavy atom. The Morgan fingerprint density at radius 3 is 2.67 bits per heavy atom. The van der Waals surface area contributed by atoms with E-state index in [-0.39, 0.29) is 0 Å². The zero-order valence-electron chi connectivity index (χ0n) is 7.86. The third-order valence-corrected chi connectivity index (χ3v) is 2.38. The van der Waals surface area contributed by atoms with E-state index in [1.165, 1.54) is 0 Å². The van der Waals surface area contributed by atoms with E-state index >= 15 is 0 Å². The first kappa shape index (κ1) is 9.19. The summed E-state index contributed by atoms with van der Waals surface area (Å²) in [6, 6.07) is 0. The molecule has 0 aromatic carbocycles. The number of aromatic nitrogens is 3. The number of aryl methyl sites for hydroxylation is 1. The number of hydrogen-bond donors (Lipinski definition) is 1. The van der Waals surface area contributed by atoms with Gasteiger partial charge in [0.15, 0.2) is 0 Å². The lowest BCUT2D eigenvalue weighted by atomic mass is 9.95. The first-order valence-electron chi connectivity index (χ1n) is 4.20. The van der Waals surface area contributed by atoms with E-state index in [1.54, 1.807) is 11.0 Å². The smallest absolute Gasteiger partial charge is 0.138 e. The second-order valence-corrected chi connectivity index (χ2v) is 3.24. The lowest BCUT2D eigenvalue weighted by Crippen LogP contribution is -2.19. The Hall–Kier alpha value is -0.900. The summed E-state index contributed by atoms with van der Waals surface area (Å²) in [7, 11) is 1.90. The Bertz CT molecular complexity index is 243. The molecule has 0 radical (unpaired) electrons. The molecule has 2 N–H and O–H groups in total. The van der Waals surface area contributed by atoms with Gasteiger partial charge < -0.3 is 5.73 Å². The van der Waals surface area contributed by atoms with Crippen LogP contribution < -0.4 is 5.73 Å². The van der Waals surface area contributed by atoms with Gasteiger partial charge in [-0.1, -0.05) is 13.8 Å². The van der Waals surface area contributed by atoms with Crippen LogP contribution in [0.2, 0.25) is 0 Å².